The first kappa shape index (κ1) is 16.9. The normalized spacial score (nSPS) is 11.0. The van der Waals surface area contributed by atoms with Crippen LogP contribution in [0.4, 0.5) is 5.95 Å². The van der Waals surface area contributed by atoms with Crippen molar-refractivity contribution in [2.45, 2.75) is 0 Å². The molecule has 0 aliphatic heterocycles. The zero-order valence-electron chi connectivity index (χ0n) is 15.4. The van der Waals surface area contributed by atoms with E-state index < -0.39 is 0 Å². The molecule has 6 heteroatoms. The molecule has 0 aliphatic carbocycles. The van der Waals surface area contributed by atoms with Crippen LogP contribution in [0.5, 0.6) is 0 Å². The molecule has 0 bridgehead atoms. The third kappa shape index (κ3) is 2.78. The molecule has 0 unspecified atom stereocenters. The predicted octanol–water partition coefficient (Wildman–Crippen LogP) is 3.82. The lowest BCUT2D eigenvalue weighted by Crippen LogP contribution is -2.23. The lowest BCUT2D eigenvalue weighted by molar-refractivity contribution is 0.969. The van der Waals surface area contributed by atoms with Crippen molar-refractivity contribution in [2.75, 3.05) is 5.73 Å². The Morgan fingerprint density at radius 3 is 1.76 bits per heavy atom. The van der Waals surface area contributed by atoms with Crippen molar-refractivity contribution < 1.29 is 0 Å². The summed E-state index contributed by atoms with van der Waals surface area (Å²) in [7, 11) is 0. The van der Waals surface area contributed by atoms with Crippen LogP contribution in [0.2, 0.25) is 0 Å². The second-order valence-electron chi connectivity index (χ2n) is 6.59. The van der Waals surface area contributed by atoms with Gasteiger partial charge < -0.3 is 5.73 Å². The zero-order chi connectivity index (χ0) is 19.8. The van der Waals surface area contributed by atoms with Gasteiger partial charge in [-0.1, -0.05) is 66.7 Å². The molecule has 0 atom stereocenters. The minimum atomic E-state index is -0.300. The van der Waals surface area contributed by atoms with Crippen LogP contribution in [0.15, 0.2) is 95.8 Å². The molecule has 5 aromatic rings. The maximum Gasteiger partial charge on any atom is 0.287 e. The molecule has 29 heavy (non-hydrogen) atoms. The number of nitrogens with two attached hydrogens (primary N) is 1. The van der Waals surface area contributed by atoms with E-state index in [4.69, 9.17) is 10.7 Å². The lowest BCUT2D eigenvalue weighted by Gasteiger charge is -2.11. The Hall–Kier alpha value is -4.19. The van der Waals surface area contributed by atoms with Crippen molar-refractivity contribution in [3.63, 3.8) is 0 Å². The summed E-state index contributed by atoms with van der Waals surface area (Å²) in [6.07, 6.45) is 0. The van der Waals surface area contributed by atoms with Gasteiger partial charge in [-0.05, 0) is 24.3 Å². The minimum Gasteiger partial charge on any atom is -0.369 e. The van der Waals surface area contributed by atoms with Crippen LogP contribution in [0, 0.1) is 0 Å². The summed E-state index contributed by atoms with van der Waals surface area (Å²) in [6, 6.07) is 28.7. The smallest absolute Gasteiger partial charge is 0.287 e. The molecule has 0 saturated heterocycles. The van der Waals surface area contributed by atoms with Crippen LogP contribution in [0.3, 0.4) is 0 Å². The first-order chi connectivity index (χ1) is 14.2. The molecule has 2 aromatic heterocycles. The van der Waals surface area contributed by atoms with Crippen molar-refractivity contribution in [3.8, 4) is 22.8 Å². The van der Waals surface area contributed by atoms with Crippen molar-refractivity contribution in [3.05, 3.63) is 101 Å². The number of hydrogen-bond acceptors (Lipinski definition) is 4. The molecule has 0 saturated carbocycles. The highest BCUT2D eigenvalue weighted by molar-refractivity contribution is 5.80. The van der Waals surface area contributed by atoms with Gasteiger partial charge in [-0.2, -0.15) is 4.98 Å². The monoisotopic (exact) mass is 379 g/mol. The van der Waals surface area contributed by atoms with E-state index in [0.29, 0.717) is 17.2 Å². The Morgan fingerprint density at radius 2 is 1.17 bits per heavy atom. The quantitative estimate of drug-likeness (QED) is 0.517. The molecule has 140 valence electrons. The number of benzene rings is 3. The average Bonchev–Trinajstić information content (AvgIpc) is 3.15. The zero-order valence-corrected chi connectivity index (χ0v) is 15.4. The maximum absolute atomic E-state index is 13.3. The molecule has 0 radical (unpaired) electrons. The van der Waals surface area contributed by atoms with Crippen LogP contribution < -0.4 is 11.3 Å². The van der Waals surface area contributed by atoms with Gasteiger partial charge in [-0.15, -0.1) is 0 Å². The third-order valence-electron chi connectivity index (χ3n) is 4.77. The van der Waals surface area contributed by atoms with E-state index in [0.717, 1.165) is 11.3 Å². The summed E-state index contributed by atoms with van der Waals surface area (Å²) < 4.78 is 3.26. The Kier molecular flexibility index (Phi) is 3.95. The van der Waals surface area contributed by atoms with Gasteiger partial charge in [0, 0.05) is 11.3 Å². The molecule has 3 aromatic carbocycles. The number of para-hydroxylation sites is 2. The van der Waals surface area contributed by atoms with E-state index in [1.165, 1.54) is 4.57 Å². The highest BCUT2D eigenvalue weighted by Crippen LogP contribution is 2.27. The standard InChI is InChI=1S/C23H17N5O/c24-23-26-21-19(22(29)28(23)18-14-8-3-9-15-18)25-20(16-10-4-1-5-11-16)27(21)17-12-6-2-7-13-17/h1-15H,(H2,24,26). The largest absolute Gasteiger partial charge is 0.369 e. The van der Waals surface area contributed by atoms with Crippen LogP contribution in [0.1, 0.15) is 0 Å². The summed E-state index contributed by atoms with van der Waals surface area (Å²) in [5, 5.41) is 0. The van der Waals surface area contributed by atoms with Gasteiger partial charge in [0.2, 0.25) is 5.95 Å². The number of nitrogen functional groups attached to an aromatic ring is 1. The molecule has 2 N–H and O–H groups in total. The van der Waals surface area contributed by atoms with Gasteiger partial charge in [0.05, 0.1) is 5.69 Å². The Labute approximate surface area is 166 Å². The van der Waals surface area contributed by atoms with E-state index in [2.05, 4.69) is 4.98 Å². The van der Waals surface area contributed by atoms with Crippen LogP contribution in [0.25, 0.3) is 33.9 Å². The molecule has 0 aliphatic rings. The number of rotatable bonds is 3. The van der Waals surface area contributed by atoms with E-state index in [9.17, 15) is 4.79 Å². The van der Waals surface area contributed by atoms with Crippen molar-refractivity contribution in [1.29, 1.82) is 0 Å². The van der Waals surface area contributed by atoms with Crippen molar-refractivity contribution >= 4 is 17.1 Å². The van der Waals surface area contributed by atoms with Crippen LogP contribution >= 0.6 is 0 Å². The Balaban J connectivity index is 1.88. The first-order valence-corrected chi connectivity index (χ1v) is 9.21. The summed E-state index contributed by atoms with van der Waals surface area (Å²) >= 11 is 0. The number of hydrogen-bond donors (Lipinski definition) is 1. The fraction of sp³-hybridized carbons (Fsp3) is 0. The number of nitrogens with zero attached hydrogens (tertiary/aromatic N) is 4. The minimum absolute atomic E-state index is 0.116. The topological polar surface area (TPSA) is 78.7 Å². The third-order valence-corrected chi connectivity index (χ3v) is 4.77. The van der Waals surface area contributed by atoms with Gasteiger partial charge >= 0.3 is 0 Å². The van der Waals surface area contributed by atoms with E-state index in [-0.39, 0.29) is 17.0 Å². The number of anilines is 1. The fourth-order valence-corrected chi connectivity index (χ4v) is 3.46. The Morgan fingerprint density at radius 1 is 0.655 bits per heavy atom. The highest BCUT2D eigenvalue weighted by Gasteiger charge is 2.21. The summed E-state index contributed by atoms with van der Waals surface area (Å²) in [4.78, 5) is 22.6. The van der Waals surface area contributed by atoms with Gasteiger partial charge in [0.15, 0.2) is 11.2 Å². The van der Waals surface area contributed by atoms with Crippen LogP contribution in [-0.2, 0) is 0 Å². The summed E-state index contributed by atoms with van der Waals surface area (Å²) in [5.74, 6) is 0.756. The molecule has 5 rings (SSSR count). The number of fused-ring (bicyclic) bond motifs is 1. The van der Waals surface area contributed by atoms with Gasteiger partial charge in [-0.25, -0.2) is 9.55 Å². The van der Waals surface area contributed by atoms with E-state index in [1.54, 1.807) is 0 Å². The number of imidazole rings is 1. The number of aromatic nitrogens is 4. The highest BCUT2D eigenvalue weighted by atomic mass is 16.1. The predicted molar refractivity (Wildman–Crippen MR) is 114 cm³/mol. The van der Waals surface area contributed by atoms with Gasteiger partial charge in [-0.3, -0.25) is 9.36 Å². The molecule has 0 amide bonds. The second kappa shape index (κ2) is 6.76. The molecular formula is C23H17N5O. The summed E-state index contributed by atoms with van der Waals surface area (Å²) in [6.45, 7) is 0. The molecule has 6 nitrogen and oxygen atoms in total. The molecule has 0 fully saturated rings. The van der Waals surface area contributed by atoms with Crippen LogP contribution in [-0.4, -0.2) is 19.1 Å². The fourth-order valence-electron chi connectivity index (χ4n) is 3.46. The van der Waals surface area contributed by atoms with Crippen molar-refractivity contribution in [1.82, 2.24) is 19.1 Å². The molecular weight excluding hydrogens is 362 g/mol. The maximum atomic E-state index is 13.3. The van der Waals surface area contributed by atoms with Gasteiger partial charge in [0.25, 0.3) is 5.56 Å². The second-order valence-corrected chi connectivity index (χ2v) is 6.59. The summed E-state index contributed by atoms with van der Waals surface area (Å²) in [5.41, 5.74) is 9.03. The van der Waals surface area contributed by atoms with Crippen molar-refractivity contribution in [2.24, 2.45) is 0 Å². The Bertz CT molecular complexity index is 1360. The average molecular weight is 379 g/mol. The SMILES string of the molecule is Nc1nc2c(nc(-c3ccccc3)n2-c2ccccc2)c(=O)n1-c1ccccc1. The molecule has 2 heterocycles. The van der Waals surface area contributed by atoms with Gasteiger partial charge in [0.1, 0.15) is 5.82 Å². The lowest BCUT2D eigenvalue weighted by atomic mass is 10.2. The van der Waals surface area contributed by atoms with E-state index in [1.807, 2.05) is 95.6 Å². The van der Waals surface area contributed by atoms with E-state index >= 15 is 0 Å². The first-order valence-electron chi connectivity index (χ1n) is 9.21. The molecule has 0 spiro atoms.